The van der Waals surface area contributed by atoms with E-state index in [9.17, 15) is 4.79 Å². The molecule has 2 aromatic carbocycles. The zero-order valence-corrected chi connectivity index (χ0v) is 15.1. The normalized spacial score (nSPS) is 12.0. The molecule has 0 fully saturated rings. The number of aryl methyl sites for hydroxylation is 2. The van der Waals surface area contributed by atoms with Crippen LogP contribution in [0.25, 0.3) is 21.7 Å². The summed E-state index contributed by atoms with van der Waals surface area (Å²) in [6.45, 7) is 8.63. The zero-order chi connectivity index (χ0) is 16.6. The molecule has 120 valence electrons. The van der Waals surface area contributed by atoms with Crippen LogP contribution in [0.3, 0.4) is 0 Å². The van der Waals surface area contributed by atoms with Crippen LogP contribution in [0.4, 0.5) is 0 Å². The van der Waals surface area contributed by atoms with Gasteiger partial charge in [-0.2, -0.15) is 0 Å². The van der Waals surface area contributed by atoms with Gasteiger partial charge in [0.05, 0.1) is 6.26 Å². The van der Waals surface area contributed by atoms with E-state index in [1.807, 2.05) is 12.1 Å². The van der Waals surface area contributed by atoms with Crippen molar-refractivity contribution < 1.29 is 13.6 Å². The van der Waals surface area contributed by atoms with Crippen molar-refractivity contribution in [1.29, 1.82) is 0 Å². The Bertz CT molecular complexity index is 872. The second-order valence-corrected chi connectivity index (χ2v) is 11.3. The highest BCUT2D eigenvalue weighted by Crippen LogP contribution is 2.41. The van der Waals surface area contributed by atoms with Gasteiger partial charge in [-0.3, -0.25) is 0 Å². The Balaban J connectivity index is 2.35. The van der Waals surface area contributed by atoms with Gasteiger partial charge in [-0.05, 0) is 49.5 Å². The minimum Gasteiger partial charge on any atom is -0.541 e. The second-order valence-electron chi connectivity index (χ2n) is 6.88. The fourth-order valence-corrected chi connectivity index (χ4v) is 3.86. The van der Waals surface area contributed by atoms with Crippen molar-refractivity contribution in [3.05, 3.63) is 41.7 Å². The van der Waals surface area contributed by atoms with E-state index >= 15 is 0 Å². The van der Waals surface area contributed by atoms with Gasteiger partial charge in [-0.15, -0.1) is 0 Å². The molecular weight excluding hydrogens is 304 g/mol. The summed E-state index contributed by atoms with van der Waals surface area (Å²) in [7, 11) is -1.78. The summed E-state index contributed by atoms with van der Waals surface area (Å²) in [5.41, 5.74) is 3.08. The van der Waals surface area contributed by atoms with Crippen LogP contribution in [0.2, 0.25) is 19.6 Å². The van der Waals surface area contributed by atoms with Gasteiger partial charge in [0, 0.05) is 17.2 Å². The molecule has 1 heterocycles. The Morgan fingerprint density at radius 3 is 2.52 bits per heavy atom. The van der Waals surface area contributed by atoms with Gasteiger partial charge in [0.25, 0.3) is 0 Å². The summed E-state index contributed by atoms with van der Waals surface area (Å²) in [6.07, 6.45) is 3.93. The molecule has 0 atom stereocenters. The Morgan fingerprint density at radius 2 is 1.87 bits per heavy atom. The quantitative estimate of drug-likeness (QED) is 0.475. The first-order chi connectivity index (χ1) is 10.9. The van der Waals surface area contributed by atoms with Crippen LogP contribution in [-0.2, 0) is 11.2 Å². The molecule has 0 aliphatic rings. The zero-order valence-electron chi connectivity index (χ0n) is 14.1. The summed E-state index contributed by atoms with van der Waals surface area (Å²) in [5.74, 6) is 0.845. The Kier molecular flexibility index (Phi) is 4.02. The van der Waals surface area contributed by atoms with Crippen LogP contribution in [0.15, 0.2) is 34.9 Å². The number of hydrogen-bond donors (Lipinski definition) is 0. The van der Waals surface area contributed by atoms with Gasteiger partial charge in [0.2, 0.25) is 8.32 Å². The molecule has 0 N–H and O–H groups in total. The van der Waals surface area contributed by atoms with Crippen LogP contribution in [0.1, 0.15) is 17.5 Å². The molecule has 3 aromatic rings. The lowest BCUT2D eigenvalue weighted by atomic mass is 9.97. The maximum absolute atomic E-state index is 10.7. The Morgan fingerprint density at radius 1 is 1.17 bits per heavy atom. The van der Waals surface area contributed by atoms with Gasteiger partial charge in [-0.1, -0.05) is 24.3 Å². The molecule has 3 rings (SSSR count). The molecule has 0 radical (unpaired) electrons. The van der Waals surface area contributed by atoms with Crippen LogP contribution >= 0.6 is 0 Å². The third-order valence-electron chi connectivity index (χ3n) is 3.96. The molecule has 0 saturated carbocycles. The highest BCUT2D eigenvalue weighted by Gasteiger charge is 2.23. The fourth-order valence-electron chi connectivity index (χ4n) is 3.04. The van der Waals surface area contributed by atoms with E-state index in [1.165, 1.54) is 10.9 Å². The number of furan rings is 1. The molecule has 3 nitrogen and oxygen atoms in total. The maximum atomic E-state index is 10.7. The van der Waals surface area contributed by atoms with Crippen molar-refractivity contribution in [1.82, 2.24) is 0 Å². The number of rotatable bonds is 5. The molecule has 0 aliphatic carbocycles. The van der Waals surface area contributed by atoms with Crippen molar-refractivity contribution >= 4 is 36.3 Å². The molecule has 0 bridgehead atoms. The van der Waals surface area contributed by atoms with E-state index < -0.39 is 8.32 Å². The minimum absolute atomic E-state index is 0.505. The van der Waals surface area contributed by atoms with Gasteiger partial charge in [0.1, 0.15) is 6.29 Å². The van der Waals surface area contributed by atoms with Crippen LogP contribution in [-0.4, -0.2) is 14.6 Å². The lowest BCUT2D eigenvalue weighted by Gasteiger charge is -2.21. The number of hydrogen-bond acceptors (Lipinski definition) is 3. The van der Waals surface area contributed by atoms with Crippen molar-refractivity contribution in [3.63, 3.8) is 0 Å². The van der Waals surface area contributed by atoms with E-state index in [0.717, 1.165) is 34.0 Å². The third kappa shape index (κ3) is 2.91. The summed E-state index contributed by atoms with van der Waals surface area (Å²) in [6, 6.07) is 8.29. The predicted molar refractivity (Wildman–Crippen MR) is 96.8 cm³/mol. The van der Waals surface area contributed by atoms with Gasteiger partial charge >= 0.3 is 0 Å². The Labute approximate surface area is 137 Å². The van der Waals surface area contributed by atoms with Crippen LogP contribution in [0.5, 0.6) is 5.75 Å². The minimum atomic E-state index is -1.78. The number of fused-ring (bicyclic) bond motifs is 2. The van der Waals surface area contributed by atoms with Crippen molar-refractivity contribution in [2.75, 3.05) is 0 Å². The third-order valence-corrected chi connectivity index (χ3v) is 4.78. The first kappa shape index (κ1) is 15.8. The molecule has 0 saturated heterocycles. The van der Waals surface area contributed by atoms with Gasteiger partial charge in [-0.25, -0.2) is 0 Å². The van der Waals surface area contributed by atoms with Crippen molar-refractivity contribution in [3.8, 4) is 5.75 Å². The second kappa shape index (κ2) is 5.85. The van der Waals surface area contributed by atoms with Crippen molar-refractivity contribution in [2.24, 2.45) is 0 Å². The molecule has 0 spiro atoms. The van der Waals surface area contributed by atoms with Crippen molar-refractivity contribution in [2.45, 2.75) is 39.4 Å². The predicted octanol–water partition coefficient (Wildman–Crippen LogP) is 5.24. The highest BCUT2D eigenvalue weighted by molar-refractivity contribution is 6.70. The Hall–Kier alpha value is -2.07. The lowest BCUT2D eigenvalue weighted by Crippen LogP contribution is -2.29. The van der Waals surface area contributed by atoms with Gasteiger partial charge in [0.15, 0.2) is 11.3 Å². The smallest absolute Gasteiger partial charge is 0.242 e. The number of benzene rings is 2. The fraction of sp³-hybridized carbons (Fsp3) is 0.316. The first-order valence-corrected chi connectivity index (χ1v) is 11.4. The maximum Gasteiger partial charge on any atom is 0.242 e. The largest absolute Gasteiger partial charge is 0.541 e. The average Bonchev–Trinajstić information content (AvgIpc) is 2.92. The summed E-state index contributed by atoms with van der Waals surface area (Å²) in [5, 5.41) is 3.37. The van der Waals surface area contributed by atoms with E-state index in [4.69, 9.17) is 8.84 Å². The van der Waals surface area contributed by atoms with E-state index in [2.05, 4.69) is 38.7 Å². The molecule has 0 aliphatic heterocycles. The van der Waals surface area contributed by atoms with Gasteiger partial charge < -0.3 is 13.6 Å². The molecule has 23 heavy (non-hydrogen) atoms. The monoisotopic (exact) mass is 326 g/mol. The van der Waals surface area contributed by atoms with Crippen LogP contribution in [0, 0.1) is 6.92 Å². The topological polar surface area (TPSA) is 39.4 Å². The molecule has 4 heteroatoms. The van der Waals surface area contributed by atoms with E-state index in [0.29, 0.717) is 12.8 Å². The first-order valence-electron chi connectivity index (χ1n) is 7.96. The average molecular weight is 326 g/mol. The summed E-state index contributed by atoms with van der Waals surface area (Å²) >= 11 is 0. The standard InChI is InChI=1S/C19H22O3Si/c1-13-15-9-5-6-10-16(15)18(22-23(2,3)4)19-17(13)14(12-21-19)8-7-11-20/h5-6,9-12H,7-8H2,1-4H3. The highest BCUT2D eigenvalue weighted by atomic mass is 28.4. The number of carbonyl (C=O) groups is 1. The lowest BCUT2D eigenvalue weighted by molar-refractivity contribution is -0.107. The molecule has 1 aromatic heterocycles. The number of aldehydes is 1. The van der Waals surface area contributed by atoms with E-state index in [1.54, 1.807) is 6.26 Å². The summed E-state index contributed by atoms with van der Waals surface area (Å²) in [4.78, 5) is 10.7. The van der Waals surface area contributed by atoms with Crippen LogP contribution < -0.4 is 4.43 Å². The SMILES string of the molecule is Cc1c2ccccc2c(O[Si](C)(C)C)c2occ(CCC=O)c12. The summed E-state index contributed by atoms with van der Waals surface area (Å²) < 4.78 is 12.3. The number of carbonyl (C=O) groups excluding carboxylic acids is 1. The molecule has 0 amide bonds. The molecular formula is C19H22O3Si. The molecule has 0 unspecified atom stereocenters. The van der Waals surface area contributed by atoms with E-state index in [-0.39, 0.29) is 0 Å².